The van der Waals surface area contributed by atoms with Crippen LogP contribution in [0.3, 0.4) is 0 Å². The van der Waals surface area contributed by atoms with Crippen LogP contribution in [0.25, 0.3) is 11.3 Å². The first-order chi connectivity index (χ1) is 57.6. The number of carbonyl (C=O) groups is 6. The summed E-state index contributed by atoms with van der Waals surface area (Å²) in [4.78, 5) is 119. The quantitative estimate of drug-likeness (QED) is 0.0185. The average Bonchev–Trinajstić information content (AvgIpc) is 1.59. The largest absolute Gasteiger partial charge is 0.433 e. The highest BCUT2D eigenvalue weighted by atomic mass is 19.4. The lowest BCUT2D eigenvalue weighted by Gasteiger charge is -2.37. The first-order valence-corrected chi connectivity index (χ1v) is 39.1. The molecule has 4 saturated heterocycles. The molecular weight excluding hydrogens is 1590 g/mol. The molecule has 10 N–H and O–H groups in total. The van der Waals surface area contributed by atoms with E-state index in [2.05, 4.69) is 78.1 Å². The Bertz CT molecular complexity index is 4350. The van der Waals surface area contributed by atoms with E-state index in [1.165, 1.54) is 4.68 Å². The smallest absolute Gasteiger partial charge is 0.388 e. The molecule has 0 spiro atoms. The summed E-state index contributed by atoms with van der Waals surface area (Å²) < 4.78 is 120. The minimum absolute atomic E-state index is 0.0218. The summed E-state index contributed by atoms with van der Waals surface area (Å²) in [5.74, 6) is -1.45. The predicted molar refractivity (Wildman–Crippen MR) is 407 cm³/mol. The second-order valence-corrected chi connectivity index (χ2v) is 29.4. The molecule has 6 amide bonds. The van der Waals surface area contributed by atoms with Crippen LogP contribution in [-0.2, 0) is 84.2 Å². The van der Waals surface area contributed by atoms with Gasteiger partial charge >= 0.3 is 18.4 Å². The van der Waals surface area contributed by atoms with Crippen molar-refractivity contribution < 1.29 is 109 Å². The van der Waals surface area contributed by atoms with Crippen LogP contribution < -0.4 is 41.7 Å². The Morgan fingerprint density at radius 2 is 1.26 bits per heavy atom. The molecule has 45 heteroatoms. The number of urea groups is 1. The number of hydrogen-bond donors (Lipinski definition) is 10. The number of nitrogens with one attached hydrogen (secondary N) is 6. The topological polar surface area (TPSA) is 491 Å². The van der Waals surface area contributed by atoms with Gasteiger partial charge in [0, 0.05) is 140 Å². The Morgan fingerprint density at radius 1 is 0.658 bits per heavy atom. The summed E-state index contributed by atoms with van der Waals surface area (Å²) in [7, 11) is 0. The summed E-state index contributed by atoms with van der Waals surface area (Å²) in [6.45, 7) is 6.09. The number of rotatable bonds is 43. The van der Waals surface area contributed by atoms with Crippen molar-refractivity contribution in [2.45, 2.75) is 151 Å². The first-order valence-electron chi connectivity index (χ1n) is 39.1. The van der Waals surface area contributed by atoms with Gasteiger partial charge in [-0.2, -0.15) is 31.6 Å². The number of pyridine rings is 2. The number of anilines is 4. The molecule has 6 aromatic rings. The van der Waals surface area contributed by atoms with Crippen molar-refractivity contribution in [1.29, 1.82) is 5.26 Å². The first kappa shape index (κ1) is 90.1. The predicted octanol–water partition coefficient (Wildman–Crippen LogP) is 0.624. The SMILES string of the molecule is CC1(C)C(=O)c2ccc(-c3cnc(N4CCN5C(=O)N(CCCOCCCNC(=O)CCCc6cn(CC(=O)NC(COCCC(=O)NCCOC[C@H]7OC[C@H](Nc8nccc(C(F)(F)F)n8)[C@@H](O)[C@H]7O)COCCC(=O)NCCOC[C@H]7OC[C@H](Nc8nccc(C(F)(F)F)n8)[C@@H](O)[C@H]7O)nn6)C[C@@H]5C4)nc3)nc2N1Cc1cccnc1C#N. The molecule has 5 aliphatic rings. The van der Waals surface area contributed by atoms with E-state index in [0.29, 0.717) is 130 Å². The van der Waals surface area contributed by atoms with Gasteiger partial charge in [0.1, 0.15) is 72.1 Å². The van der Waals surface area contributed by atoms with Gasteiger partial charge in [-0.1, -0.05) is 11.3 Å². The third kappa shape index (κ3) is 25.0. The molecule has 0 aliphatic carbocycles. The fourth-order valence-electron chi connectivity index (χ4n) is 13.7. The molecule has 0 bridgehead atoms. The van der Waals surface area contributed by atoms with E-state index < -0.39 is 114 Å². The van der Waals surface area contributed by atoms with Crippen molar-refractivity contribution >= 4 is 59.1 Å². The molecule has 650 valence electrons. The maximum Gasteiger partial charge on any atom is 0.433 e. The zero-order valence-electron chi connectivity index (χ0n) is 65.7. The number of nitriles is 1. The fourth-order valence-corrected chi connectivity index (χ4v) is 13.7. The fraction of sp³-hybridized carbons (Fsp3) is 0.587. The van der Waals surface area contributed by atoms with Gasteiger partial charge in [-0.25, -0.2) is 49.3 Å². The third-order valence-corrected chi connectivity index (χ3v) is 20.2. The van der Waals surface area contributed by atoms with E-state index in [9.17, 15) is 80.8 Å². The summed E-state index contributed by atoms with van der Waals surface area (Å²) in [5.41, 5.74) is -0.0968. The number of aliphatic hydroxyl groups is 4. The Labute approximate surface area is 684 Å². The molecule has 9 atom stereocenters. The number of amides is 6. The van der Waals surface area contributed by atoms with Crippen molar-refractivity contribution in [2.75, 3.05) is 152 Å². The zero-order valence-corrected chi connectivity index (χ0v) is 65.7. The number of ether oxygens (including phenoxy) is 7. The minimum Gasteiger partial charge on any atom is -0.388 e. The molecule has 0 unspecified atom stereocenters. The van der Waals surface area contributed by atoms with E-state index in [1.54, 1.807) is 43.0 Å². The summed E-state index contributed by atoms with van der Waals surface area (Å²) >= 11 is 0. The second kappa shape index (κ2) is 42.5. The number of aliphatic hydroxyl groups excluding tert-OH is 4. The van der Waals surface area contributed by atoms with Crippen LogP contribution in [0, 0.1) is 11.3 Å². The summed E-state index contributed by atoms with van der Waals surface area (Å²) in [6.07, 6.45) is -7.24. The van der Waals surface area contributed by atoms with Gasteiger partial charge in [0.2, 0.25) is 41.5 Å². The number of aromatic nitrogens is 11. The summed E-state index contributed by atoms with van der Waals surface area (Å²) in [6, 6.07) is 7.62. The minimum atomic E-state index is -4.73. The Kier molecular flexibility index (Phi) is 31.9. The Balaban J connectivity index is 0.546. The van der Waals surface area contributed by atoms with Gasteiger partial charge in [-0.15, -0.1) is 5.10 Å². The van der Waals surface area contributed by atoms with Gasteiger partial charge in [-0.05, 0) is 69.9 Å². The molecule has 6 aromatic heterocycles. The molecular formula is C75H96F6N22O17. The van der Waals surface area contributed by atoms with Crippen molar-refractivity contribution in [3.05, 3.63) is 107 Å². The molecule has 0 aromatic carbocycles. The average molecular weight is 1690 g/mol. The van der Waals surface area contributed by atoms with Crippen molar-refractivity contribution in [3.8, 4) is 17.3 Å². The molecule has 39 nitrogen and oxygen atoms in total. The highest BCUT2D eigenvalue weighted by Crippen LogP contribution is 2.40. The van der Waals surface area contributed by atoms with Crippen LogP contribution in [0.15, 0.2) is 73.6 Å². The lowest BCUT2D eigenvalue weighted by molar-refractivity contribution is -0.159. The van der Waals surface area contributed by atoms with Crippen LogP contribution >= 0.6 is 0 Å². The van der Waals surface area contributed by atoms with Crippen molar-refractivity contribution in [2.24, 2.45) is 0 Å². The van der Waals surface area contributed by atoms with Crippen LogP contribution in [-0.4, -0.2) is 319 Å². The van der Waals surface area contributed by atoms with Gasteiger partial charge in [0.15, 0.2) is 5.78 Å². The lowest BCUT2D eigenvalue weighted by Crippen LogP contribution is -2.57. The summed E-state index contributed by atoms with van der Waals surface area (Å²) in [5, 5.41) is 76.7. The molecule has 4 fully saturated rings. The Morgan fingerprint density at radius 3 is 1.87 bits per heavy atom. The second-order valence-electron chi connectivity index (χ2n) is 29.4. The molecule has 120 heavy (non-hydrogen) atoms. The molecule has 11 rings (SSSR count). The Hall–Kier alpha value is -10.7. The van der Waals surface area contributed by atoms with Crippen LogP contribution in [0.4, 0.5) is 54.8 Å². The lowest BCUT2D eigenvalue weighted by atomic mass is 9.97. The number of nitrogens with zero attached hydrogens (tertiary/aromatic N) is 16. The molecule has 0 saturated carbocycles. The normalized spacial score (nSPS) is 21.0. The number of hydrogen-bond acceptors (Lipinski definition) is 32. The molecule has 0 radical (unpaired) electrons. The zero-order chi connectivity index (χ0) is 85.5. The number of alkyl halides is 6. The van der Waals surface area contributed by atoms with E-state index in [0.717, 1.165) is 12.4 Å². The highest BCUT2D eigenvalue weighted by molar-refractivity contribution is 6.13. The number of aryl methyl sites for hydroxylation is 1. The maximum absolute atomic E-state index is 13.5. The van der Waals surface area contributed by atoms with E-state index in [4.69, 9.17) is 48.1 Å². The third-order valence-electron chi connectivity index (χ3n) is 20.2. The van der Waals surface area contributed by atoms with Crippen LogP contribution in [0.5, 0.6) is 0 Å². The number of piperazine rings is 1. The highest BCUT2D eigenvalue weighted by Gasteiger charge is 2.47. The molecule has 5 aliphatic heterocycles. The van der Waals surface area contributed by atoms with Crippen LogP contribution in [0.1, 0.15) is 91.1 Å². The van der Waals surface area contributed by atoms with Gasteiger partial charge in [-0.3, -0.25) is 24.0 Å². The number of fused-ring (bicyclic) bond motifs is 2. The maximum atomic E-state index is 13.5. The van der Waals surface area contributed by atoms with Gasteiger partial charge in [0.25, 0.3) is 0 Å². The van der Waals surface area contributed by atoms with Crippen molar-refractivity contribution in [1.82, 2.24) is 85.9 Å². The number of ketones is 1. The number of Topliss-reactive ketones (excluding diaryl/α,β-unsaturated/α-hetero) is 1. The number of halogens is 6. The van der Waals surface area contributed by atoms with Crippen LogP contribution in [0.2, 0.25) is 0 Å². The molecule has 11 heterocycles. The monoisotopic (exact) mass is 1690 g/mol. The van der Waals surface area contributed by atoms with E-state index in [-0.39, 0.29) is 141 Å². The van der Waals surface area contributed by atoms with E-state index in [1.807, 2.05) is 34.6 Å². The van der Waals surface area contributed by atoms with Gasteiger partial charge < -0.3 is 105 Å². The van der Waals surface area contributed by atoms with Gasteiger partial charge in [0.05, 0.1) is 113 Å². The van der Waals surface area contributed by atoms with Crippen molar-refractivity contribution in [3.63, 3.8) is 0 Å². The number of carbonyl (C=O) groups excluding carboxylic acids is 6. The van der Waals surface area contributed by atoms with E-state index >= 15 is 0 Å². The standard InChI is InChI=1S/C75H96F6N22O17/c1-73(2)67(112)50-10-11-51(92-68(50)103(73)34-45-7-4-16-83-52(45)31-82)46-32-89-71(90-33-46)99-23-24-102-49(36-99)37-100(72(102)113)22-6-26-114-25-5-17-84-59(104)9-3-8-47-35-101(98-97-47)38-62(107)91-48(39-115-27-14-60(105)85-20-29-117-43-55-65(110)63(108)53(41-119-55)93-69-87-18-12-57(95-69)74(76,77)78)40-116-28-15-61(106)86-21-30-118-44-56-66(111)64(109)54(42-120-56)94-70-88-19-13-58(96-70)75(79,80)81/h4,7,10-13,16,18-19,32-33,35,48-49,53-56,63-66,108-111H,3,5-6,8-9,14-15,17,20-30,34,36-44H2,1-2H3,(H,84,104)(H,85,105)(H,86,106)(H,91,107)(H,87,93,95)(H,88,94,96)/t49-,53-,54-,55+,56+,63+,64+,65-,66-/m0/s1.